The fourth-order valence-electron chi connectivity index (χ4n) is 2.54. The van der Waals surface area contributed by atoms with Gasteiger partial charge < -0.3 is 10.4 Å². The number of aliphatic hydroxyl groups excluding tert-OH is 1. The van der Waals surface area contributed by atoms with E-state index in [1.807, 2.05) is 0 Å². The van der Waals surface area contributed by atoms with Crippen LogP contribution in [0.15, 0.2) is 0 Å². The van der Waals surface area contributed by atoms with Crippen molar-refractivity contribution >= 4 is 11.8 Å². The van der Waals surface area contributed by atoms with E-state index in [0.717, 1.165) is 18.4 Å². The standard InChI is InChI=1S/C10H19NOS/c12-7-10-5-9(6-11-10)8-1-3-13-4-2-8/h8-12H,1-7H2. The Morgan fingerprint density at radius 3 is 2.62 bits per heavy atom. The van der Waals surface area contributed by atoms with Gasteiger partial charge in [-0.05, 0) is 49.1 Å². The first-order valence-corrected chi connectivity index (χ1v) is 6.47. The van der Waals surface area contributed by atoms with Crippen LogP contribution in [-0.4, -0.2) is 35.8 Å². The van der Waals surface area contributed by atoms with Gasteiger partial charge in [0, 0.05) is 6.04 Å². The molecule has 2 unspecified atom stereocenters. The van der Waals surface area contributed by atoms with Crippen molar-refractivity contribution < 1.29 is 5.11 Å². The largest absolute Gasteiger partial charge is 0.395 e. The third-order valence-electron chi connectivity index (χ3n) is 3.41. The smallest absolute Gasteiger partial charge is 0.0584 e. The van der Waals surface area contributed by atoms with E-state index in [9.17, 15) is 0 Å². The maximum Gasteiger partial charge on any atom is 0.0584 e. The number of nitrogens with one attached hydrogen (secondary N) is 1. The first-order valence-electron chi connectivity index (χ1n) is 5.32. The lowest BCUT2D eigenvalue weighted by Crippen LogP contribution is -2.25. The predicted octanol–water partition coefficient (Wildman–Crippen LogP) is 1.10. The summed E-state index contributed by atoms with van der Waals surface area (Å²) in [5.74, 6) is 4.49. The molecule has 0 radical (unpaired) electrons. The Labute approximate surface area is 84.5 Å². The highest BCUT2D eigenvalue weighted by atomic mass is 32.2. The Balaban J connectivity index is 1.80. The van der Waals surface area contributed by atoms with Crippen molar-refractivity contribution in [3.05, 3.63) is 0 Å². The van der Waals surface area contributed by atoms with Crippen molar-refractivity contribution in [1.82, 2.24) is 5.32 Å². The van der Waals surface area contributed by atoms with Crippen LogP contribution in [0.25, 0.3) is 0 Å². The molecule has 2 fully saturated rings. The molecular formula is C10H19NOS. The molecule has 76 valence electrons. The molecule has 2 rings (SSSR count). The van der Waals surface area contributed by atoms with Gasteiger partial charge in [-0.15, -0.1) is 0 Å². The molecular weight excluding hydrogens is 182 g/mol. The van der Waals surface area contributed by atoms with Gasteiger partial charge in [-0.1, -0.05) is 0 Å². The van der Waals surface area contributed by atoms with Gasteiger partial charge in [0.2, 0.25) is 0 Å². The summed E-state index contributed by atoms with van der Waals surface area (Å²) in [6.45, 7) is 1.46. The maximum absolute atomic E-state index is 9.02. The van der Waals surface area contributed by atoms with Crippen LogP contribution >= 0.6 is 11.8 Å². The molecule has 0 spiro atoms. The molecule has 2 N–H and O–H groups in total. The lowest BCUT2D eigenvalue weighted by atomic mass is 9.86. The third-order valence-corrected chi connectivity index (χ3v) is 4.46. The van der Waals surface area contributed by atoms with Crippen LogP contribution in [0, 0.1) is 11.8 Å². The van der Waals surface area contributed by atoms with E-state index in [-0.39, 0.29) is 0 Å². The van der Waals surface area contributed by atoms with Crippen LogP contribution in [0.3, 0.4) is 0 Å². The summed E-state index contributed by atoms with van der Waals surface area (Å²) >= 11 is 2.09. The van der Waals surface area contributed by atoms with Gasteiger partial charge in [0.05, 0.1) is 6.61 Å². The quantitative estimate of drug-likeness (QED) is 0.702. The van der Waals surface area contributed by atoms with E-state index in [2.05, 4.69) is 17.1 Å². The van der Waals surface area contributed by atoms with Crippen molar-refractivity contribution in [2.45, 2.75) is 25.3 Å². The fourth-order valence-corrected chi connectivity index (χ4v) is 3.68. The zero-order valence-electron chi connectivity index (χ0n) is 8.04. The van der Waals surface area contributed by atoms with Gasteiger partial charge in [-0.25, -0.2) is 0 Å². The second-order valence-corrected chi connectivity index (χ2v) is 5.46. The molecule has 2 saturated heterocycles. The number of thioether (sulfide) groups is 1. The van der Waals surface area contributed by atoms with Gasteiger partial charge in [0.25, 0.3) is 0 Å². The number of rotatable bonds is 2. The summed E-state index contributed by atoms with van der Waals surface area (Å²) in [5, 5.41) is 12.4. The van der Waals surface area contributed by atoms with E-state index in [0.29, 0.717) is 12.6 Å². The maximum atomic E-state index is 9.02. The monoisotopic (exact) mass is 201 g/mol. The molecule has 2 atom stereocenters. The lowest BCUT2D eigenvalue weighted by molar-refractivity contribution is 0.246. The van der Waals surface area contributed by atoms with Gasteiger partial charge in [0.1, 0.15) is 0 Å². The summed E-state index contributed by atoms with van der Waals surface area (Å²) in [4.78, 5) is 0. The van der Waals surface area contributed by atoms with Crippen molar-refractivity contribution in [1.29, 1.82) is 0 Å². The molecule has 0 amide bonds. The molecule has 2 nitrogen and oxygen atoms in total. The van der Waals surface area contributed by atoms with E-state index in [4.69, 9.17) is 5.11 Å². The van der Waals surface area contributed by atoms with Gasteiger partial charge in [0.15, 0.2) is 0 Å². The molecule has 2 aliphatic heterocycles. The average molecular weight is 201 g/mol. The minimum absolute atomic E-state index is 0.317. The number of hydrogen-bond donors (Lipinski definition) is 2. The molecule has 0 aromatic heterocycles. The predicted molar refractivity (Wildman–Crippen MR) is 57.0 cm³/mol. The van der Waals surface area contributed by atoms with Crippen molar-refractivity contribution in [3.63, 3.8) is 0 Å². The summed E-state index contributed by atoms with van der Waals surface area (Å²) in [5.41, 5.74) is 0. The summed E-state index contributed by atoms with van der Waals surface area (Å²) in [6.07, 6.45) is 4.00. The van der Waals surface area contributed by atoms with E-state index in [1.165, 1.54) is 30.8 Å². The van der Waals surface area contributed by atoms with Gasteiger partial charge >= 0.3 is 0 Å². The first kappa shape index (κ1) is 9.81. The van der Waals surface area contributed by atoms with Crippen LogP contribution in [0.1, 0.15) is 19.3 Å². The van der Waals surface area contributed by atoms with Gasteiger partial charge in [-0.3, -0.25) is 0 Å². The molecule has 13 heavy (non-hydrogen) atoms. The Hall–Kier alpha value is 0.270. The van der Waals surface area contributed by atoms with E-state index >= 15 is 0 Å². The number of hydrogen-bond acceptors (Lipinski definition) is 3. The second kappa shape index (κ2) is 4.67. The minimum atomic E-state index is 0.317. The van der Waals surface area contributed by atoms with Gasteiger partial charge in [-0.2, -0.15) is 11.8 Å². The Bertz CT molecular complexity index is 159. The zero-order chi connectivity index (χ0) is 9.10. The Morgan fingerprint density at radius 1 is 1.23 bits per heavy atom. The highest BCUT2D eigenvalue weighted by Gasteiger charge is 2.30. The van der Waals surface area contributed by atoms with E-state index in [1.54, 1.807) is 0 Å². The molecule has 3 heteroatoms. The van der Waals surface area contributed by atoms with Crippen molar-refractivity contribution in [2.24, 2.45) is 11.8 Å². The molecule has 0 aliphatic carbocycles. The molecule has 0 aromatic rings. The van der Waals surface area contributed by atoms with Crippen molar-refractivity contribution in [3.8, 4) is 0 Å². The fraction of sp³-hybridized carbons (Fsp3) is 1.00. The van der Waals surface area contributed by atoms with E-state index < -0.39 is 0 Å². The summed E-state index contributed by atoms with van der Waals surface area (Å²) in [6, 6.07) is 0.388. The molecule has 2 aliphatic rings. The SMILES string of the molecule is OCC1CC(C2CCSCC2)CN1. The molecule has 0 saturated carbocycles. The lowest BCUT2D eigenvalue weighted by Gasteiger charge is -2.26. The number of aliphatic hydroxyl groups is 1. The Morgan fingerprint density at radius 2 is 2.00 bits per heavy atom. The van der Waals surface area contributed by atoms with Crippen molar-refractivity contribution in [2.75, 3.05) is 24.7 Å². The first-order chi connectivity index (χ1) is 6.40. The minimum Gasteiger partial charge on any atom is -0.395 e. The van der Waals surface area contributed by atoms with Crippen LogP contribution in [0.2, 0.25) is 0 Å². The average Bonchev–Trinajstić information content (AvgIpc) is 2.67. The third kappa shape index (κ3) is 2.39. The second-order valence-electron chi connectivity index (χ2n) is 4.23. The summed E-state index contributed by atoms with van der Waals surface area (Å²) in [7, 11) is 0. The summed E-state index contributed by atoms with van der Waals surface area (Å²) < 4.78 is 0. The van der Waals surface area contributed by atoms with Crippen LogP contribution < -0.4 is 5.32 Å². The van der Waals surface area contributed by atoms with Crippen LogP contribution in [-0.2, 0) is 0 Å². The Kier molecular flexibility index (Phi) is 3.52. The normalized spacial score (nSPS) is 36.7. The molecule has 0 aromatic carbocycles. The zero-order valence-corrected chi connectivity index (χ0v) is 8.85. The highest BCUT2D eigenvalue weighted by molar-refractivity contribution is 7.99. The highest BCUT2D eigenvalue weighted by Crippen LogP contribution is 2.33. The molecule has 2 heterocycles. The molecule has 0 bridgehead atoms. The topological polar surface area (TPSA) is 32.3 Å². The van der Waals surface area contributed by atoms with Crippen LogP contribution in [0.4, 0.5) is 0 Å². The van der Waals surface area contributed by atoms with Crippen LogP contribution in [0.5, 0.6) is 0 Å².